The second kappa shape index (κ2) is 8.48. The van der Waals surface area contributed by atoms with Gasteiger partial charge in [-0.1, -0.05) is 17.7 Å². The Balaban J connectivity index is 2.05. The Morgan fingerprint density at radius 1 is 1.38 bits per heavy atom. The maximum Gasteiger partial charge on any atom is 0.262 e. The number of halogens is 1. The molecule has 2 aromatic carbocycles. The monoisotopic (exact) mass is 362 g/mol. The van der Waals surface area contributed by atoms with Gasteiger partial charge in [0.2, 0.25) is 0 Å². The highest BCUT2D eigenvalue weighted by Crippen LogP contribution is 2.36. The number of benzene rings is 2. The number of nitriles is 1. The lowest BCUT2D eigenvalue weighted by molar-refractivity contribution is -0.118. The summed E-state index contributed by atoms with van der Waals surface area (Å²) in [4.78, 5) is 13.1. The van der Waals surface area contributed by atoms with E-state index in [2.05, 4.69) is 5.32 Å². The summed E-state index contributed by atoms with van der Waals surface area (Å²) in [6.45, 7) is -0.231. The maximum atomic E-state index is 12.0. The first kappa shape index (κ1) is 18.0. The molecule has 0 heterocycles. The van der Waals surface area contributed by atoms with Gasteiger partial charge in [0.15, 0.2) is 18.1 Å². The fraction of sp³-hybridized carbons (Fsp3) is 0.176. The molecule has 0 unspecified atom stereocenters. The predicted molar refractivity (Wildman–Crippen MR) is 95.1 cm³/mol. The lowest BCUT2D eigenvalue weighted by Crippen LogP contribution is -2.20. The van der Waals surface area contributed by atoms with Crippen molar-refractivity contribution in [2.24, 2.45) is 0 Å². The van der Waals surface area contributed by atoms with Crippen molar-refractivity contribution < 1.29 is 14.3 Å². The highest BCUT2D eigenvalue weighted by atomic mass is 35.5. The van der Waals surface area contributed by atoms with E-state index in [0.717, 1.165) is 4.90 Å². The first-order chi connectivity index (χ1) is 11.6. The van der Waals surface area contributed by atoms with Crippen molar-refractivity contribution in [3.8, 4) is 17.6 Å². The highest BCUT2D eigenvalue weighted by molar-refractivity contribution is 7.98. The molecule has 0 atom stereocenters. The fourth-order valence-electron chi connectivity index (χ4n) is 1.96. The van der Waals surface area contributed by atoms with Gasteiger partial charge in [-0.3, -0.25) is 4.79 Å². The van der Waals surface area contributed by atoms with Gasteiger partial charge in [0.25, 0.3) is 5.91 Å². The van der Waals surface area contributed by atoms with Gasteiger partial charge in [-0.2, -0.15) is 5.26 Å². The van der Waals surface area contributed by atoms with Gasteiger partial charge in [-0.15, -0.1) is 11.8 Å². The zero-order valence-corrected chi connectivity index (χ0v) is 14.7. The molecule has 2 rings (SSSR count). The molecule has 0 saturated carbocycles. The van der Waals surface area contributed by atoms with Gasteiger partial charge in [0, 0.05) is 16.6 Å². The average Bonchev–Trinajstić information content (AvgIpc) is 2.60. The van der Waals surface area contributed by atoms with Crippen LogP contribution in [-0.4, -0.2) is 25.9 Å². The molecule has 0 saturated heterocycles. The summed E-state index contributed by atoms with van der Waals surface area (Å²) in [5.41, 5.74) is 1.04. The molecule has 1 amide bonds. The SMILES string of the molecule is COc1cc(C#N)cc(Cl)c1OCC(=O)Nc1cccc(SC)c1. The smallest absolute Gasteiger partial charge is 0.262 e. The predicted octanol–water partition coefficient (Wildman–Crippen LogP) is 3.96. The van der Waals surface area contributed by atoms with Gasteiger partial charge >= 0.3 is 0 Å². The molecule has 0 spiro atoms. The van der Waals surface area contributed by atoms with Gasteiger partial charge in [0.05, 0.1) is 23.8 Å². The first-order valence-corrected chi connectivity index (χ1v) is 8.52. The number of thioether (sulfide) groups is 1. The summed E-state index contributed by atoms with van der Waals surface area (Å²) in [5, 5.41) is 11.9. The van der Waals surface area contributed by atoms with E-state index in [4.69, 9.17) is 26.3 Å². The van der Waals surface area contributed by atoms with E-state index in [-0.39, 0.29) is 23.3 Å². The number of rotatable bonds is 6. The Morgan fingerprint density at radius 3 is 2.83 bits per heavy atom. The molecular weight excluding hydrogens is 348 g/mol. The number of ether oxygens (including phenoxy) is 2. The normalized spacial score (nSPS) is 9.92. The second-order valence-corrected chi connectivity index (χ2v) is 5.96. The number of hydrogen-bond acceptors (Lipinski definition) is 5. The number of methoxy groups -OCH3 is 1. The lowest BCUT2D eigenvalue weighted by Gasteiger charge is -2.13. The molecule has 0 radical (unpaired) electrons. The molecule has 7 heteroatoms. The van der Waals surface area contributed by atoms with Crippen molar-refractivity contribution in [1.29, 1.82) is 5.26 Å². The van der Waals surface area contributed by atoms with Crippen LogP contribution in [0.25, 0.3) is 0 Å². The highest BCUT2D eigenvalue weighted by Gasteiger charge is 2.14. The Morgan fingerprint density at radius 2 is 2.17 bits per heavy atom. The summed E-state index contributed by atoms with van der Waals surface area (Å²) in [6, 6.07) is 12.4. The van der Waals surface area contributed by atoms with Crippen molar-refractivity contribution >= 4 is 35.0 Å². The number of nitrogens with zero attached hydrogens (tertiary/aromatic N) is 1. The van der Waals surface area contributed by atoms with E-state index in [9.17, 15) is 4.79 Å². The average molecular weight is 363 g/mol. The van der Waals surface area contributed by atoms with Crippen molar-refractivity contribution in [2.45, 2.75) is 4.90 Å². The summed E-state index contributed by atoms with van der Waals surface area (Å²) in [7, 11) is 1.44. The van der Waals surface area contributed by atoms with E-state index >= 15 is 0 Å². The quantitative estimate of drug-likeness (QED) is 0.787. The van der Waals surface area contributed by atoms with Crippen LogP contribution in [0.4, 0.5) is 5.69 Å². The molecule has 0 aliphatic heterocycles. The van der Waals surface area contributed by atoms with Crippen molar-refractivity contribution in [3.63, 3.8) is 0 Å². The molecule has 124 valence electrons. The van der Waals surface area contributed by atoms with Crippen molar-refractivity contribution in [2.75, 3.05) is 25.3 Å². The molecule has 5 nitrogen and oxygen atoms in total. The number of anilines is 1. The minimum absolute atomic E-state index is 0.211. The molecule has 0 aromatic heterocycles. The van der Waals surface area contributed by atoms with Crippen LogP contribution in [0.1, 0.15) is 5.56 Å². The van der Waals surface area contributed by atoms with Crippen LogP contribution in [0, 0.1) is 11.3 Å². The fourth-order valence-corrected chi connectivity index (χ4v) is 2.68. The summed E-state index contributed by atoms with van der Waals surface area (Å²) in [6.07, 6.45) is 1.96. The molecule has 0 fully saturated rings. The minimum Gasteiger partial charge on any atom is -0.493 e. The molecule has 24 heavy (non-hydrogen) atoms. The van der Waals surface area contributed by atoms with Crippen LogP contribution in [0.3, 0.4) is 0 Å². The van der Waals surface area contributed by atoms with Crippen molar-refractivity contribution in [3.05, 3.63) is 47.0 Å². The number of nitrogens with one attached hydrogen (secondary N) is 1. The van der Waals surface area contributed by atoms with Gasteiger partial charge in [-0.25, -0.2) is 0 Å². The van der Waals surface area contributed by atoms with E-state index in [0.29, 0.717) is 17.0 Å². The Kier molecular flexibility index (Phi) is 6.36. The summed E-state index contributed by atoms with van der Waals surface area (Å²) >= 11 is 7.67. The van der Waals surface area contributed by atoms with Crippen LogP contribution < -0.4 is 14.8 Å². The van der Waals surface area contributed by atoms with Crippen molar-refractivity contribution in [1.82, 2.24) is 0 Å². The van der Waals surface area contributed by atoms with Gasteiger partial charge < -0.3 is 14.8 Å². The second-order valence-electron chi connectivity index (χ2n) is 4.67. The molecule has 0 aliphatic carbocycles. The number of carbonyl (C=O) groups is 1. The van der Waals surface area contributed by atoms with E-state index in [1.165, 1.54) is 19.2 Å². The van der Waals surface area contributed by atoms with Crippen LogP contribution in [0.5, 0.6) is 11.5 Å². The first-order valence-electron chi connectivity index (χ1n) is 6.91. The maximum absolute atomic E-state index is 12.0. The van der Waals surface area contributed by atoms with Crippen LogP contribution in [0.2, 0.25) is 5.02 Å². The molecule has 0 bridgehead atoms. The summed E-state index contributed by atoms with van der Waals surface area (Å²) < 4.78 is 10.6. The van der Waals surface area contributed by atoms with E-state index < -0.39 is 0 Å². The van der Waals surface area contributed by atoms with Gasteiger partial charge in [-0.05, 0) is 30.5 Å². The Bertz CT molecular complexity index is 790. The molecule has 0 aliphatic rings. The zero-order valence-electron chi connectivity index (χ0n) is 13.1. The van der Waals surface area contributed by atoms with Crippen LogP contribution in [0.15, 0.2) is 41.3 Å². The third-order valence-corrected chi connectivity index (χ3v) is 4.07. The Hall–Kier alpha value is -2.36. The standard InChI is InChI=1S/C17H15ClN2O3S/c1-22-15-7-11(9-19)6-14(18)17(15)23-10-16(21)20-12-4-3-5-13(8-12)24-2/h3-8H,10H2,1-2H3,(H,20,21). The number of amides is 1. The Labute approximate surface area is 149 Å². The van der Waals surface area contributed by atoms with Gasteiger partial charge in [0.1, 0.15) is 0 Å². The largest absolute Gasteiger partial charge is 0.493 e. The lowest BCUT2D eigenvalue weighted by atomic mass is 10.2. The molecule has 2 aromatic rings. The number of carbonyl (C=O) groups excluding carboxylic acids is 1. The summed E-state index contributed by atoms with van der Waals surface area (Å²) in [5.74, 6) is 0.207. The topological polar surface area (TPSA) is 71.3 Å². The third kappa shape index (κ3) is 4.57. The van der Waals surface area contributed by atoms with E-state index in [1.54, 1.807) is 17.8 Å². The minimum atomic E-state index is -0.323. The molecular formula is C17H15ClN2O3S. The van der Waals surface area contributed by atoms with Crippen LogP contribution in [-0.2, 0) is 4.79 Å². The van der Waals surface area contributed by atoms with E-state index in [1.807, 2.05) is 30.5 Å². The third-order valence-electron chi connectivity index (χ3n) is 3.06. The van der Waals surface area contributed by atoms with Crippen LogP contribution >= 0.6 is 23.4 Å². The zero-order chi connectivity index (χ0) is 17.5. The number of hydrogen-bond donors (Lipinski definition) is 1. The molecule has 1 N–H and O–H groups in total.